The summed E-state index contributed by atoms with van der Waals surface area (Å²) in [5.41, 5.74) is 14.0. The van der Waals surface area contributed by atoms with Crippen molar-refractivity contribution in [2.75, 3.05) is 4.90 Å². The van der Waals surface area contributed by atoms with E-state index in [1.165, 1.54) is 66.0 Å². The minimum atomic E-state index is 1.10. The SMILES string of the molecule is c1ccc(-c2ccccc2N(c2ccc3c(c2)c2c(-c4ccccc4)cccc2n3-c2ccccc2)c2ccc(-c3ccccc3)c3ccccc23)cc1. The second-order valence-corrected chi connectivity index (χ2v) is 13.7. The fraction of sp³-hybridized carbons (Fsp3) is 0. The van der Waals surface area contributed by atoms with E-state index < -0.39 is 0 Å². The van der Waals surface area contributed by atoms with Crippen molar-refractivity contribution in [3.8, 4) is 39.1 Å². The fourth-order valence-corrected chi connectivity index (χ4v) is 8.20. The molecule has 10 rings (SSSR count). The maximum Gasteiger partial charge on any atom is 0.0547 e. The second-order valence-electron chi connectivity index (χ2n) is 13.7. The van der Waals surface area contributed by atoms with Crippen LogP contribution >= 0.6 is 0 Å². The third kappa shape index (κ3) is 5.36. The third-order valence-electron chi connectivity index (χ3n) is 10.6. The van der Waals surface area contributed by atoms with Crippen molar-refractivity contribution >= 4 is 49.6 Å². The summed E-state index contributed by atoms with van der Waals surface area (Å²) in [6.07, 6.45) is 0. The van der Waals surface area contributed by atoms with Crippen LogP contribution in [0.2, 0.25) is 0 Å². The van der Waals surface area contributed by atoms with Gasteiger partial charge < -0.3 is 9.47 Å². The first-order valence-corrected chi connectivity index (χ1v) is 18.5. The standard InChI is InChI=1S/C52H36N2/c1-5-18-37(19-6-1)42-33-35-49(46-28-14-13-27-45(42)46)54(48-30-16-15-26-43(48)38-20-7-2-8-21-38)41-32-34-50-47(36-41)52-44(39-22-9-3-10-23-39)29-17-31-51(52)53(50)40-24-11-4-12-25-40/h1-36H. The zero-order valence-electron chi connectivity index (χ0n) is 29.7. The second kappa shape index (κ2) is 13.4. The predicted octanol–water partition coefficient (Wildman–Crippen LogP) is 14.4. The number of para-hydroxylation sites is 2. The maximum atomic E-state index is 2.47. The van der Waals surface area contributed by atoms with Crippen LogP contribution in [0.15, 0.2) is 218 Å². The Morgan fingerprint density at radius 1 is 0.315 bits per heavy atom. The molecule has 1 aromatic heterocycles. The van der Waals surface area contributed by atoms with Crippen molar-refractivity contribution in [3.05, 3.63) is 218 Å². The van der Waals surface area contributed by atoms with Crippen LogP contribution in [0.4, 0.5) is 17.1 Å². The fourth-order valence-electron chi connectivity index (χ4n) is 8.20. The van der Waals surface area contributed by atoms with Crippen LogP contribution in [-0.2, 0) is 0 Å². The van der Waals surface area contributed by atoms with Crippen molar-refractivity contribution in [1.82, 2.24) is 4.57 Å². The summed E-state index contributed by atoms with van der Waals surface area (Å²) in [5.74, 6) is 0. The maximum absolute atomic E-state index is 2.47. The Hall–Kier alpha value is -7.16. The van der Waals surface area contributed by atoms with Gasteiger partial charge in [0.1, 0.15) is 0 Å². The van der Waals surface area contributed by atoms with Gasteiger partial charge in [-0.3, -0.25) is 0 Å². The van der Waals surface area contributed by atoms with Gasteiger partial charge in [-0.05, 0) is 81.7 Å². The molecule has 0 saturated carbocycles. The molecule has 0 amide bonds. The summed E-state index contributed by atoms with van der Waals surface area (Å²) in [7, 11) is 0. The summed E-state index contributed by atoms with van der Waals surface area (Å²) in [4.78, 5) is 2.47. The van der Waals surface area contributed by atoms with E-state index in [0.29, 0.717) is 0 Å². The summed E-state index contributed by atoms with van der Waals surface area (Å²) in [5, 5.41) is 4.86. The van der Waals surface area contributed by atoms with Crippen molar-refractivity contribution in [2.45, 2.75) is 0 Å². The average molecular weight is 689 g/mol. The van der Waals surface area contributed by atoms with Crippen molar-refractivity contribution in [3.63, 3.8) is 0 Å². The molecule has 0 aliphatic rings. The molecule has 54 heavy (non-hydrogen) atoms. The molecular weight excluding hydrogens is 653 g/mol. The normalized spacial score (nSPS) is 11.3. The van der Waals surface area contributed by atoms with E-state index in [4.69, 9.17) is 0 Å². The van der Waals surface area contributed by atoms with E-state index in [2.05, 4.69) is 228 Å². The van der Waals surface area contributed by atoms with E-state index in [1.807, 2.05) is 0 Å². The minimum Gasteiger partial charge on any atom is -0.309 e. The Morgan fingerprint density at radius 2 is 0.870 bits per heavy atom. The minimum absolute atomic E-state index is 1.10. The van der Waals surface area contributed by atoms with Gasteiger partial charge in [-0.2, -0.15) is 0 Å². The molecule has 0 bridgehead atoms. The molecule has 9 aromatic carbocycles. The van der Waals surface area contributed by atoms with E-state index >= 15 is 0 Å². The van der Waals surface area contributed by atoms with Crippen LogP contribution < -0.4 is 4.90 Å². The van der Waals surface area contributed by atoms with E-state index in [-0.39, 0.29) is 0 Å². The smallest absolute Gasteiger partial charge is 0.0547 e. The highest BCUT2D eigenvalue weighted by atomic mass is 15.1. The van der Waals surface area contributed by atoms with Crippen molar-refractivity contribution in [2.24, 2.45) is 0 Å². The number of hydrogen-bond donors (Lipinski definition) is 0. The van der Waals surface area contributed by atoms with Gasteiger partial charge in [0, 0.05) is 33.1 Å². The molecule has 2 heteroatoms. The zero-order chi connectivity index (χ0) is 35.8. The molecule has 0 radical (unpaired) electrons. The molecule has 10 aromatic rings. The molecule has 0 saturated heterocycles. The number of hydrogen-bond acceptors (Lipinski definition) is 1. The van der Waals surface area contributed by atoms with E-state index in [1.54, 1.807) is 0 Å². The van der Waals surface area contributed by atoms with Crippen LogP contribution in [0.5, 0.6) is 0 Å². The van der Waals surface area contributed by atoms with E-state index in [9.17, 15) is 0 Å². The summed E-state index contributed by atoms with van der Waals surface area (Å²) in [6.45, 7) is 0. The van der Waals surface area contributed by atoms with Gasteiger partial charge in [0.25, 0.3) is 0 Å². The number of aromatic nitrogens is 1. The molecule has 0 spiro atoms. The van der Waals surface area contributed by atoms with Gasteiger partial charge in [-0.1, -0.05) is 170 Å². The van der Waals surface area contributed by atoms with E-state index in [0.717, 1.165) is 22.7 Å². The average Bonchev–Trinajstić information content (AvgIpc) is 3.59. The molecule has 1 heterocycles. The molecule has 254 valence electrons. The predicted molar refractivity (Wildman–Crippen MR) is 229 cm³/mol. The first kappa shape index (κ1) is 31.6. The lowest BCUT2D eigenvalue weighted by molar-refractivity contribution is 1.18. The number of nitrogens with zero attached hydrogens (tertiary/aromatic N) is 2. The highest BCUT2D eigenvalue weighted by molar-refractivity contribution is 6.17. The Bertz CT molecular complexity index is 2910. The highest BCUT2D eigenvalue weighted by Crippen LogP contribution is 2.47. The Balaban J connectivity index is 1.29. The lowest BCUT2D eigenvalue weighted by Gasteiger charge is -2.29. The topological polar surface area (TPSA) is 8.17 Å². The zero-order valence-corrected chi connectivity index (χ0v) is 29.7. The first-order chi connectivity index (χ1) is 26.8. The van der Waals surface area contributed by atoms with Gasteiger partial charge in [0.15, 0.2) is 0 Å². The Labute approximate surface area is 315 Å². The van der Waals surface area contributed by atoms with Crippen molar-refractivity contribution < 1.29 is 0 Å². The first-order valence-electron chi connectivity index (χ1n) is 18.5. The molecule has 0 atom stereocenters. The van der Waals surface area contributed by atoms with Crippen molar-refractivity contribution in [1.29, 1.82) is 0 Å². The lowest BCUT2D eigenvalue weighted by atomic mass is 9.95. The highest BCUT2D eigenvalue weighted by Gasteiger charge is 2.23. The Kier molecular flexibility index (Phi) is 7.85. The molecular formula is C52H36N2. The Morgan fingerprint density at radius 3 is 1.57 bits per heavy atom. The third-order valence-corrected chi connectivity index (χ3v) is 10.6. The monoisotopic (exact) mass is 688 g/mol. The molecule has 0 aliphatic heterocycles. The van der Waals surface area contributed by atoms with Gasteiger partial charge >= 0.3 is 0 Å². The van der Waals surface area contributed by atoms with Crippen LogP contribution in [-0.4, -0.2) is 4.57 Å². The van der Waals surface area contributed by atoms with Gasteiger partial charge in [-0.25, -0.2) is 0 Å². The number of benzene rings is 9. The number of rotatable bonds is 7. The number of anilines is 3. The van der Waals surface area contributed by atoms with Crippen LogP contribution in [0, 0.1) is 0 Å². The molecule has 2 nitrogen and oxygen atoms in total. The van der Waals surface area contributed by atoms with Gasteiger partial charge in [-0.15, -0.1) is 0 Å². The molecule has 0 aliphatic carbocycles. The quantitative estimate of drug-likeness (QED) is 0.162. The summed E-state index contributed by atoms with van der Waals surface area (Å²) in [6, 6.07) is 78.9. The molecule has 0 N–H and O–H groups in total. The molecule has 0 unspecified atom stereocenters. The van der Waals surface area contributed by atoms with Crippen LogP contribution in [0.1, 0.15) is 0 Å². The van der Waals surface area contributed by atoms with Crippen LogP contribution in [0.25, 0.3) is 71.6 Å². The summed E-state index contributed by atoms with van der Waals surface area (Å²) >= 11 is 0. The van der Waals surface area contributed by atoms with Crippen LogP contribution in [0.3, 0.4) is 0 Å². The van der Waals surface area contributed by atoms with Gasteiger partial charge in [0.2, 0.25) is 0 Å². The largest absolute Gasteiger partial charge is 0.309 e. The number of fused-ring (bicyclic) bond motifs is 4. The summed E-state index contributed by atoms with van der Waals surface area (Å²) < 4.78 is 2.41. The lowest BCUT2D eigenvalue weighted by Crippen LogP contribution is -2.12. The molecule has 0 fully saturated rings. The van der Waals surface area contributed by atoms with Gasteiger partial charge in [0.05, 0.1) is 22.4 Å².